The Hall–Kier alpha value is -2.62. The average molecular weight is 234 g/mol. The van der Waals surface area contributed by atoms with Gasteiger partial charge in [0.2, 0.25) is 5.71 Å². The Kier molecular flexibility index (Phi) is 4.00. The maximum absolute atomic E-state index is 13.0. The second-order valence-corrected chi connectivity index (χ2v) is 3.04. The van der Waals surface area contributed by atoms with Crippen LogP contribution in [0.1, 0.15) is 0 Å². The molecular formula is C10H11FN6. The Morgan fingerprint density at radius 2 is 2.24 bits per heavy atom. The summed E-state index contributed by atoms with van der Waals surface area (Å²) in [6.45, 7) is 0. The molecular weight excluding hydrogens is 223 g/mol. The Morgan fingerprint density at radius 3 is 2.76 bits per heavy atom. The largest absolute Gasteiger partial charge is 0.386 e. The van der Waals surface area contributed by atoms with Crippen molar-refractivity contribution < 1.29 is 4.39 Å². The van der Waals surface area contributed by atoms with E-state index in [0.29, 0.717) is 11.4 Å². The molecule has 0 unspecified atom stereocenters. The van der Waals surface area contributed by atoms with Crippen LogP contribution in [-0.4, -0.2) is 18.6 Å². The maximum atomic E-state index is 13.0. The van der Waals surface area contributed by atoms with Crippen LogP contribution in [0.2, 0.25) is 0 Å². The maximum Gasteiger partial charge on any atom is 0.201 e. The number of nitriles is 1. The van der Waals surface area contributed by atoms with Gasteiger partial charge in [0.15, 0.2) is 5.84 Å². The molecule has 7 heteroatoms. The summed E-state index contributed by atoms with van der Waals surface area (Å²) in [5.74, 6) is -0.898. The third kappa shape index (κ3) is 3.17. The normalized spacial score (nSPS) is 10.5. The van der Waals surface area contributed by atoms with Crippen LogP contribution in [-0.2, 0) is 0 Å². The lowest BCUT2D eigenvalue weighted by Crippen LogP contribution is -2.22. The minimum atomic E-state index is -0.456. The molecule has 6 nitrogen and oxygen atoms in total. The first-order valence-corrected chi connectivity index (χ1v) is 4.64. The van der Waals surface area contributed by atoms with E-state index in [1.165, 1.54) is 18.2 Å². The van der Waals surface area contributed by atoms with Crippen molar-refractivity contribution in [3.05, 3.63) is 24.0 Å². The number of amidine groups is 1. The van der Waals surface area contributed by atoms with Crippen molar-refractivity contribution in [1.82, 2.24) is 0 Å². The summed E-state index contributed by atoms with van der Waals surface area (Å²) in [4.78, 5) is 0. The molecule has 1 aromatic carbocycles. The topological polar surface area (TPSA) is 110 Å². The summed E-state index contributed by atoms with van der Waals surface area (Å²) in [7, 11) is 1.66. The Morgan fingerprint density at radius 1 is 1.53 bits per heavy atom. The fraction of sp³-hybridized carbons (Fsp3) is 0.100. The highest BCUT2D eigenvalue weighted by Gasteiger charge is 2.04. The molecule has 0 bridgehead atoms. The summed E-state index contributed by atoms with van der Waals surface area (Å²) in [6, 6.07) is 5.67. The van der Waals surface area contributed by atoms with Crippen LogP contribution in [0.15, 0.2) is 23.3 Å². The number of hydrazone groups is 1. The van der Waals surface area contributed by atoms with Gasteiger partial charge in [0.05, 0.1) is 11.4 Å². The summed E-state index contributed by atoms with van der Waals surface area (Å²) in [5.41, 5.74) is 8.28. The number of nitrogens with zero attached hydrogens (tertiary/aromatic N) is 2. The van der Waals surface area contributed by atoms with Crippen LogP contribution < -0.4 is 16.5 Å². The first kappa shape index (κ1) is 12.4. The number of halogens is 1. The van der Waals surface area contributed by atoms with Crippen molar-refractivity contribution in [1.29, 1.82) is 10.7 Å². The van der Waals surface area contributed by atoms with Gasteiger partial charge in [-0.3, -0.25) is 10.8 Å². The lowest BCUT2D eigenvalue weighted by atomic mass is 10.2. The number of nitrogens with one attached hydrogen (secondary N) is 3. The zero-order valence-electron chi connectivity index (χ0n) is 9.08. The van der Waals surface area contributed by atoms with E-state index in [1.807, 2.05) is 0 Å². The Bertz CT molecular complexity index is 502. The van der Waals surface area contributed by atoms with E-state index in [-0.39, 0.29) is 5.71 Å². The van der Waals surface area contributed by atoms with Crippen molar-refractivity contribution in [3.63, 3.8) is 0 Å². The average Bonchev–Trinajstić information content (AvgIpc) is 2.29. The second kappa shape index (κ2) is 5.46. The van der Waals surface area contributed by atoms with Gasteiger partial charge in [0.1, 0.15) is 11.9 Å². The van der Waals surface area contributed by atoms with Gasteiger partial charge < -0.3 is 11.1 Å². The van der Waals surface area contributed by atoms with Gasteiger partial charge in [-0.15, -0.1) is 0 Å². The molecule has 0 spiro atoms. The van der Waals surface area contributed by atoms with Gasteiger partial charge in [-0.25, -0.2) is 4.39 Å². The quantitative estimate of drug-likeness (QED) is 0.355. The number of hydrogen-bond acceptors (Lipinski definition) is 5. The molecule has 1 rings (SSSR count). The number of benzene rings is 1. The van der Waals surface area contributed by atoms with Crippen LogP contribution in [0.5, 0.6) is 0 Å². The molecule has 0 aliphatic rings. The molecule has 0 heterocycles. The van der Waals surface area contributed by atoms with E-state index in [9.17, 15) is 4.39 Å². The zero-order valence-corrected chi connectivity index (χ0v) is 9.08. The number of nitrogens with two attached hydrogens (primary N) is 1. The predicted octanol–water partition coefficient (Wildman–Crippen LogP) is 1.09. The number of hydrogen-bond donors (Lipinski definition) is 4. The first-order valence-electron chi connectivity index (χ1n) is 4.64. The van der Waals surface area contributed by atoms with E-state index < -0.39 is 11.7 Å². The summed E-state index contributed by atoms with van der Waals surface area (Å²) in [5, 5.41) is 22.1. The van der Waals surface area contributed by atoms with Crippen LogP contribution in [0.3, 0.4) is 0 Å². The van der Waals surface area contributed by atoms with Crippen molar-refractivity contribution in [2.24, 2.45) is 10.8 Å². The van der Waals surface area contributed by atoms with E-state index >= 15 is 0 Å². The number of rotatable bonds is 4. The van der Waals surface area contributed by atoms with Crippen LogP contribution in [0.25, 0.3) is 0 Å². The highest BCUT2D eigenvalue weighted by molar-refractivity contribution is 6.45. The standard InChI is InChI=1S/C10H11FN6/c1-15-7-3-2-6(11)4-8(7)16-17-9(5-12)10(13)14/h2-4,15-16H,1H3,(H3,13,14)/b17-9+. The van der Waals surface area contributed by atoms with E-state index in [2.05, 4.69) is 15.8 Å². The van der Waals surface area contributed by atoms with Gasteiger partial charge in [-0.1, -0.05) is 0 Å². The molecule has 0 aliphatic heterocycles. The fourth-order valence-electron chi connectivity index (χ4n) is 1.09. The highest BCUT2D eigenvalue weighted by atomic mass is 19.1. The third-order valence-electron chi connectivity index (χ3n) is 1.90. The number of anilines is 2. The molecule has 0 radical (unpaired) electrons. The first-order chi connectivity index (χ1) is 8.08. The summed E-state index contributed by atoms with van der Waals surface area (Å²) >= 11 is 0. The summed E-state index contributed by atoms with van der Waals surface area (Å²) in [6.07, 6.45) is 0. The van der Waals surface area contributed by atoms with Crippen molar-refractivity contribution in [3.8, 4) is 6.07 Å². The van der Waals surface area contributed by atoms with Gasteiger partial charge in [-0.05, 0) is 12.1 Å². The molecule has 17 heavy (non-hydrogen) atoms. The Balaban J connectivity index is 2.99. The molecule has 0 aromatic heterocycles. The van der Waals surface area contributed by atoms with Gasteiger partial charge in [0, 0.05) is 13.1 Å². The van der Waals surface area contributed by atoms with Crippen molar-refractivity contribution in [2.75, 3.05) is 17.8 Å². The smallest absolute Gasteiger partial charge is 0.201 e. The van der Waals surface area contributed by atoms with E-state index in [1.54, 1.807) is 13.1 Å². The summed E-state index contributed by atoms with van der Waals surface area (Å²) < 4.78 is 13.0. The molecule has 0 saturated carbocycles. The monoisotopic (exact) mass is 234 g/mol. The van der Waals surface area contributed by atoms with Crippen LogP contribution in [0, 0.1) is 22.6 Å². The second-order valence-electron chi connectivity index (χ2n) is 3.04. The minimum absolute atomic E-state index is 0.267. The van der Waals surface area contributed by atoms with E-state index in [4.69, 9.17) is 16.4 Å². The zero-order chi connectivity index (χ0) is 12.8. The predicted molar refractivity (Wildman–Crippen MR) is 64.5 cm³/mol. The molecule has 0 amide bonds. The van der Waals surface area contributed by atoms with Gasteiger partial charge in [-0.2, -0.15) is 10.4 Å². The van der Waals surface area contributed by atoms with E-state index in [0.717, 1.165) is 0 Å². The molecule has 5 N–H and O–H groups in total. The van der Waals surface area contributed by atoms with Gasteiger partial charge >= 0.3 is 0 Å². The fourth-order valence-corrected chi connectivity index (χ4v) is 1.09. The molecule has 0 saturated heterocycles. The van der Waals surface area contributed by atoms with Gasteiger partial charge in [0.25, 0.3) is 0 Å². The third-order valence-corrected chi connectivity index (χ3v) is 1.90. The van der Waals surface area contributed by atoms with Crippen LogP contribution >= 0.6 is 0 Å². The van der Waals surface area contributed by atoms with Crippen LogP contribution in [0.4, 0.5) is 15.8 Å². The minimum Gasteiger partial charge on any atom is -0.386 e. The molecule has 1 aromatic rings. The lowest BCUT2D eigenvalue weighted by Gasteiger charge is -2.08. The molecule has 88 valence electrons. The molecule has 0 atom stereocenters. The van der Waals surface area contributed by atoms with Crippen molar-refractivity contribution >= 4 is 22.9 Å². The molecule has 0 aliphatic carbocycles. The van der Waals surface area contributed by atoms with Crippen molar-refractivity contribution in [2.45, 2.75) is 0 Å². The molecule has 0 fully saturated rings. The highest BCUT2D eigenvalue weighted by Crippen LogP contribution is 2.21. The lowest BCUT2D eigenvalue weighted by molar-refractivity contribution is 0.628. The SMILES string of the molecule is CNc1ccc(F)cc1N/N=C(\C#N)C(=N)N. The Labute approximate surface area is 97.4 Å².